The van der Waals surface area contributed by atoms with Gasteiger partial charge in [-0.25, -0.2) is 0 Å². The summed E-state index contributed by atoms with van der Waals surface area (Å²) in [5, 5.41) is 9.41. The fourth-order valence-electron chi connectivity index (χ4n) is 1.97. The number of rotatable bonds is 3. The Bertz CT molecular complexity index is 400. The van der Waals surface area contributed by atoms with E-state index in [-0.39, 0.29) is 6.42 Å². The first kappa shape index (κ1) is 11.8. The van der Waals surface area contributed by atoms with Crippen molar-refractivity contribution in [1.29, 1.82) is 0 Å². The van der Waals surface area contributed by atoms with E-state index < -0.39 is 5.97 Å². The topological polar surface area (TPSA) is 37.3 Å². The number of benzene rings is 1. The summed E-state index contributed by atoms with van der Waals surface area (Å²) in [6.45, 7) is 0. The fourth-order valence-corrected chi connectivity index (χ4v) is 3.57. The highest BCUT2D eigenvalue weighted by Gasteiger charge is 2.20. The Labute approximate surface area is 104 Å². The van der Waals surface area contributed by atoms with Crippen molar-refractivity contribution in [3.05, 3.63) is 34.3 Å². The molecule has 86 valence electrons. The number of carboxylic acid groups (broad SMARTS) is 1. The molecule has 1 aliphatic rings. The van der Waals surface area contributed by atoms with E-state index in [0.717, 1.165) is 11.3 Å². The first-order chi connectivity index (χ1) is 7.66. The zero-order chi connectivity index (χ0) is 11.5. The van der Waals surface area contributed by atoms with Gasteiger partial charge in [-0.1, -0.05) is 23.7 Å². The number of aliphatic carboxylic acids is 1. The largest absolute Gasteiger partial charge is 0.481 e. The second-order valence-corrected chi connectivity index (χ2v) is 5.54. The Morgan fingerprint density at radius 3 is 2.94 bits per heavy atom. The lowest BCUT2D eigenvalue weighted by molar-refractivity contribution is -0.136. The highest BCUT2D eigenvalue weighted by atomic mass is 35.5. The molecule has 16 heavy (non-hydrogen) atoms. The van der Waals surface area contributed by atoms with Gasteiger partial charge in [-0.3, -0.25) is 4.79 Å². The molecule has 0 spiro atoms. The molecule has 1 heterocycles. The molecule has 1 atom stereocenters. The van der Waals surface area contributed by atoms with Crippen LogP contribution >= 0.6 is 23.4 Å². The molecule has 0 saturated carbocycles. The van der Waals surface area contributed by atoms with E-state index in [4.69, 9.17) is 16.7 Å². The standard InChI is InChI=1S/C12H13ClO2S/c13-11-5-8(6-12(14)15)1-2-10(11)9-3-4-16-7-9/h1-2,5,9H,3-4,6-7H2,(H,14,15). The molecule has 2 rings (SSSR count). The Balaban J connectivity index is 2.18. The van der Waals surface area contributed by atoms with Crippen molar-refractivity contribution in [2.75, 3.05) is 11.5 Å². The van der Waals surface area contributed by atoms with Gasteiger partial charge in [-0.15, -0.1) is 0 Å². The summed E-state index contributed by atoms with van der Waals surface area (Å²) in [7, 11) is 0. The van der Waals surface area contributed by atoms with E-state index in [1.54, 1.807) is 6.07 Å². The molecule has 1 unspecified atom stereocenters. The molecule has 1 aromatic rings. The van der Waals surface area contributed by atoms with Crippen LogP contribution in [0.25, 0.3) is 0 Å². The Morgan fingerprint density at radius 1 is 1.56 bits per heavy atom. The summed E-state index contributed by atoms with van der Waals surface area (Å²) in [5.41, 5.74) is 1.94. The number of halogens is 1. The van der Waals surface area contributed by atoms with E-state index in [1.807, 2.05) is 23.9 Å². The van der Waals surface area contributed by atoms with Crippen LogP contribution in [-0.2, 0) is 11.2 Å². The Morgan fingerprint density at radius 2 is 2.38 bits per heavy atom. The fraction of sp³-hybridized carbons (Fsp3) is 0.417. The summed E-state index contributed by atoms with van der Waals surface area (Å²) >= 11 is 8.14. The molecule has 1 aliphatic heterocycles. The van der Waals surface area contributed by atoms with Crippen molar-refractivity contribution in [2.45, 2.75) is 18.8 Å². The number of hydrogen-bond acceptors (Lipinski definition) is 2. The first-order valence-electron chi connectivity index (χ1n) is 5.24. The summed E-state index contributed by atoms with van der Waals surface area (Å²) in [4.78, 5) is 10.6. The second-order valence-electron chi connectivity index (χ2n) is 3.99. The average Bonchev–Trinajstić information content (AvgIpc) is 2.69. The van der Waals surface area contributed by atoms with Gasteiger partial charge in [0.05, 0.1) is 6.42 Å². The van der Waals surface area contributed by atoms with Crippen LogP contribution in [0.4, 0.5) is 0 Å². The molecule has 1 saturated heterocycles. The summed E-state index contributed by atoms with van der Waals surface area (Å²) < 4.78 is 0. The molecule has 0 aromatic heterocycles. The molecule has 0 radical (unpaired) electrons. The summed E-state index contributed by atoms with van der Waals surface area (Å²) in [5.74, 6) is 2.03. The molecule has 1 aromatic carbocycles. The van der Waals surface area contributed by atoms with Gasteiger partial charge in [0.15, 0.2) is 0 Å². The molecule has 0 bridgehead atoms. The minimum atomic E-state index is -0.819. The van der Waals surface area contributed by atoms with Crippen LogP contribution < -0.4 is 0 Å². The number of carbonyl (C=O) groups is 1. The first-order valence-corrected chi connectivity index (χ1v) is 6.78. The zero-order valence-electron chi connectivity index (χ0n) is 8.78. The maximum atomic E-state index is 10.6. The molecular weight excluding hydrogens is 244 g/mol. The van der Waals surface area contributed by atoms with Crippen molar-refractivity contribution >= 4 is 29.3 Å². The molecule has 4 heteroatoms. The molecule has 1 fully saturated rings. The summed E-state index contributed by atoms with van der Waals surface area (Å²) in [6, 6.07) is 5.64. The number of hydrogen-bond donors (Lipinski definition) is 1. The highest BCUT2D eigenvalue weighted by molar-refractivity contribution is 7.99. The van der Waals surface area contributed by atoms with Crippen molar-refractivity contribution in [3.8, 4) is 0 Å². The van der Waals surface area contributed by atoms with E-state index >= 15 is 0 Å². The lowest BCUT2D eigenvalue weighted by atomic mass is 9.97. The third-order valence-electron chi connectivity index (χ3n) is 2.79. The minimum absolute atomic E-state index is 0.0411. The van der Waals surface area contributed by atoms with Gasteiger partial charge in [-0.2, -0.15) is 11.8 Å². The van der Waals surface area contributed by atoms with Gasteiger partial charge in [0.25, 0.3) is 0 Å². The van der Waals surface area contributed by atoms with Crippen molar-refractivity contribution in [3.63, 3.8) is 0 Å². The minimum Gasteiger partial charge on any atom is -0.481 e. The molecular formula is C12H13ClO2S. The van der Waals surface area contributed by atoms with Gasteiger partial charge in [-0.05, 0) is 35.3 Å². The van der Waals surface area contributed by atoms with Crippen LogP contribution in [0.5, 0.6) is 0 Å². The Hall–Kier alpha value is -0.670. The van der Waals surface area contributed by atoms with Crippen molar-refractivity contribution in [2.24, 2.45) is 0 Å². The lowest BCUT2D eigenvalue weighted by Crippen LogP contribution is -2.02. The van der Waals surface area contributed by atoms with E-state index in [1.165, 1.54) is 17.7 Å². The third-order valence-corrected chi connectivity index (χ3v) is 4.28. The molecule has 1 N–H and O–H groups in total. The third kappa shape index (κ3) is 2.71. The van der Waals surface area contributed by atoms with Crippen molar-refractivity contribution in [1.82, 2.24) is 0 Å². The molecule has 0 aliphatic carbocycles. The predicted molar refractivity (Wildman–Crippen MR) is 67.5 cm³/mol. The Kier molecular flexibility index (Phi) is 3.77. The van der Waals surface area contributed by atoms with Crippen LogP contribution in [0.3, 0.4) is 0 Å². The lowest BCUT2D eigenvalue weighted by Gasteiger charge is -2.11. The molecule has 2 nitrogen and oxygen atoms in total. The summed E-state index contributed by atoms with van der Waals surface area (Å²) in [6.07, 6.45) is 1.21. The normalized spacial score (nSPS) is 19.9. The number of thioether (sulfide) groups is 1. The maximum Gasteiger partial charge on any atom is 0.307 e. The quantitative estimate of drug-likeness (QED) is 0.903. The predicted octanol–water partition coefficient (Wildman–Crippen LogP) is 3.19. The van der Waals surface area contributed by atoms with Gasteiger partial charge in [0.2, 0.25) is 0 Å². The zero-order valence-corrected chi connectivity index (χ0v) is 10.4. The van der Waals surface area contributed by atoms with E-state index in [0.29, 0.717) is 10.9 Å². The smallest absolute Gasteiger partial charge is 0.307 e. The number of carboxylic acids is 1. The van der Waals surface area contributed by atoms with Crippen molar-refractivity contribution < 1.29 is 9.90 Å². The monoisotopic (exact) mass is 256 g/mol. The highest BCUT2D eigenvalue weighted by Crippen LogP contribution is 2.36. The van der Waals surface area contributed by atoms with E-state index in [2.05, 4.69) is 0 Å². The van der Waals surface area contributed by atoms with Crippen LogP contribution in [-0.4, -0.2) is 22.6 Å². The second kappa shape index (κ2) is 5.11. The van der Waals surface area contributed by atoms with Gasteiger partial charge in [0.1, 0.15) is 0 Å². The van der Waals surface area contributed by atoms with Crippen LogP contribution in [0.1, 0.15) is 23.5 Å². The van der Waals surface area contributed by atoms with Gasteiger partial charge >= 0.3 is 5.97 Å². The van der Waals surface area contributed by atoms with Crippen LogP contribution in [0.2, 0.25) is 5.02 Å². The van der Waals surface area contributed by atoms with Gasteiger partial charge < -0.3 is 5.11 Å². The van der Waals surface area contributed by atoms with Gasteiger partial charge in [0, 0.05) is 10.8 Å². The van der Waals surface area contributed by atoms with E-state index in [9.17, 15) is 4.79 Å². The van der Waals surface area contributed by atoms with Crippen LogP contribution in [0, 0.1) is 0 Å². The average molecular weight is 257 g/mol. The SMILES string of the molecule is O=C(O)Cc1ccc(C2CCSC2)c(Cl)c1. The molecule has 0 amide bonds. The maximum absolute atomic E-state index is 10.6. The van der Waals surface area contributed by atoms with Crippen LogP contribution in [0.15, 0.2) is 18.2 Å².